The van der Waals surface area contributed by atoms with Crippen LogP contribution in [0, 0.1) is 92.7 Å². The van der Waals surface area contributed by atoms with Crippen molar-refractivity contribution < 1.29 is 0 Å². The van der Waals surface area contributed by atoms with Gasteiger partial charge < -0.3 is 0 Å². The molecule has 15 rings (SSSR count). The van der Waals surface area contributed by atoms with E-state index in [0.29, 0.717) is 0 Å². The SMILES string of the molecule is C1C[C@H]2C3C4[C@@H]1C15[C@H]6CC[C@@H]7C8C6[C@H]6CC[C@@H]8C8([C@H]3CC[C@@H]4C618)C725. The lowest BCUT2D eigenvalue weighted by atomic mass is 9.15. The molecule has 0 aliphatic heterocycles. The molecule has 0 aromatic carbocycles. The van der Waals surface area contributed by atoms with Gasteiger partial charge in [-0.05, 0) is 144 Å². The second-order valence-electron chi connectivity index (χ2n) is 12.9. The van der Waals surface area contributed by atoms with Gasteiger partial charge in [-0.25, -0.2) is 0 Å². The van der Waals surface area contributed by atoms with E-state index >= 15 is 0 Å². The van der Waals surface area contributed by atoms with Gasteiger partial charge >= 0.3 is 0 Å². The molecule has 16 atom stereocenters. The summed E-state index contributed by atoms with van der Waals surface area (Å²) in [6.07, 6.45) is 13.7. The van der Waals surface area contributed by atoms with E-state index < -0.39 is 0 Å². The molecule has 15 aliphatic carbocycles. The summed E-state index contributed by atoms with van der Waals surface area (Å²) in [4.78, 5) is 0. The first-order valence-electron chi connectivity index (χ1n) is 11.9. The van der Waals surface area contributed by atoms with Crippen LogP contribution in [0.15, 0.2) is 0 Å². The highest BCUT2D eigenvalue weighted by atomic mass is 15.2. The summed E-state index contributed by atoms with van der Waals surface area (Å²) in [6, 6.07) is 0. The summed E-state index contributed by atoms with van der Waals surface area (Å²) >= 11 is 0. The number of hydrogen-bond donors (Lipinski definition) is 0. The van der Waals surface area contributed by atoms with Crippen LogP contribution >= 0.6 is 0 Å². The zero-order chi connectivity index (χ0) is 14.6. The van der Waals surface area contributed by atoms with Crippen molar-refractivity contribution in [3.05, 3.63) is 0 Å². The van der Waals surface area contributed by atoms with E-state index in [9.17, 15) is 0 Å². The van der Waals surface area contributed by atoms with E-state index in [1.54, 1.807) is 51.4 Å². The van der Waals surface area contributed by atoms with E-state index in [-0.39, 0.29) is 0 Å². The molecule has 0 aromatic rings. The van der Waals surface area contributed by atoms with Crippen LogP contribution in [0.5, 0.6) is 0 Å². The molecule has 0 N–H and O–H groups in total. The molecule has 0 amide bonds. The van der Waals surface area contributed by atoms with Crippen LogP contribution in [-0.2, 0) is 0 Å². The maximum absolute atomic E-state index is 1.71. The molecule has 15 aliphatic rings. The molecule has 0 saturated heterocycles. The molecule has 124 valence electrons. The van der Waals surface area contributed by atoms with Gasteiger partial charge in [0.1, 0.15) is 0 Å². The maximum atomic E-state index is 1.71. The molecule has 0 aromatic heterocycles. The lowest BCUT2D eigenvalue weighted by molar-refractivity contribution is -0.421. The normalized spacial score (nSPS) is 94.0. The van der Waals surface area contributed by atoms with Gasteiger partial charge in [0.15, 0.2) is 0 Å². The van der Waals surface area contributed by atoms with Crippen LogP contribution in [0.2, 0.25) is 0 Å². The van der Waals surface area contributed by atoms with Crippen molar-refractivity contribution in [3.8, 4) is 0 Å². The molecule has 0 nitrogen and oxygen atoms in total. The Morgan fingerprint density at radius 1 is 0.292 bits per heavy atom. The predicted octanol–water partition coefficient (Wildman–Crippen LogP) is 4.60. The molecular weight excluding hydrogens is 288 g/mol. The van der Waals surface area contributed by atoms with Gasteiger partial charge in [-0.15, -0.1) is 0 Å². The van der Waals surface area contributed by atoms with Crippen LogP contribution < -0.4 is 0 Å². The summed E-state index contributed by atoms with van der Waals surface area (Å²) in [6.45, 7) is 0. The van der Waals surface area contributed by atoms with Crippen molar-refractivity contribution in [3.63, 3.8) is 0 Å². The largest absolute Gasteiger partial charge is 0.0493 e. The molecule has 24 heavy (non-hydrogen) atoms. The fourth-order valence-electron chi connectivity index (χ4n) is 17.8. The van der Waals surface area contributed by atoms with Crippen LogP contribution in [-0.4, -0.2) is 0 Å². The van der Waals surface area contributed by atoms with Crippen LogP contribution in [0.3, 0.4) is 0 Å². The van der Waals surface area contributed by atoms with Crippen molar-refractivity contribution >= 4 is 0 Å². The van der Waals surface area contributed by atoms with Crippen LogP contribution in [0.25, 0.3) is 0 Å². The number of rotatable bonds is 0. The third-order valence-corrected chi connectivity index (χ3v) is 15.2. The Labute approximate surface area is 144 Å². The van der Waals surface area contributed by atoms with Gasteiger partial charge in [0, 0.05) is 0 Å². The minimum atomic E-state index is 0.994. The lowest BCUT2D eigenvalue weighted by Gasteiger charge is -2.88. The van der Waals surface area contributed by atoms with Crippen molar-refractivity contribution in [2.24, 2.45) is 92.7 Å². The van der Waals surface area contributed by atoms with Gasteiger partial charge in [0.25, 0.3) is 0 Å². The summed E-state index contributed by atoms with van der Waals surface area (Å²) in [5.41, 5.74) is 3.98. The highest BCUT2D eigenvalue weighted by molar-refractivity contribution is 5.60. The zero-order valence-corrected chi connectivity index (χ0v) is 14.6. The monoisotopic (exact) mass is 316 g/mol. The van der Waals surface area contributed by atoms with E-state index in [4.69, 9.17) is 0 Å². The second kappa shape index (κ2) is 2.41. The van der Waals surface area contributed by atoms with Crippen LogP contribution in [0.1, 0.15) is 51.4 Å². The quantitative estimate of drug-likeness (QED) is 0.613. The average Bonchev–Trinajstić information content (AvgIpc) is 3.09. The first kappa shape index (κ1) is 11.0. The summed E-state index contributed by atoms with van der Waals surface area (Å²) < 4.78 is 0. The Morgan fingerprint density at radius 2 is 0.458 bits per heavy atom. The Kier molecular flexibility index (Phi) is 1.10. The minimum Gasteiger partial charge on any atom is -0.0493 e. The van der Waals surface area contributed by atoms with E-state index in [1.165, 1.54) is 71.0 Å². The second-order valence-corrected chi connectivity index (χ2v) is 12.9. The van der Waals surface area contributed by atoms with Crippen molar-refractivity contribution in [1.29, 1.82) is 0 Å². The van der Waals surface area contributed by atoms with E-state index in [2.05, 4.69) is 0 Å². The molecular formula is C24H28. The van der Waals surface area contributed by atoms with Gasteiger partial charge in [0.05, 0.1) is 0 Å². The smallest absolute Gasteiger partial charge is 0.00998 e. The van der Waals surface area contributed by atoms with Gasteiger partial charge in [-0.2, -0.15) is 0 Å². The highest BCUT2D eigenvalue weighted by Gasteiger charge is 3.14. The average molecular weight is 316 g/mol. The number of hydrogen-bond acceptors (Lipinski definition) is 0. The Bertz CT molecular complexity index is 620. The molecule has 4 spiro atoms. The lowest BCUT2D eigenvalue weighted by Crippen LogP contribution is -2.85. The Balaban J connectivity index is 1.47. The molecule has 0 radical (unpaired) electrons. The molecule has 8 unspecified atom stereocenters. The standard InChI is InChI=1S/C24H28/c1-2-10-18-13-5-3-11-17(18)9(1)21-12-4-6-14-20-16-8-7-15(19(12)20)23(11,21)24(13,16)22(10,14)21/h9-20H,1-8H2/t9-,10-,11-,12-,13+,14+,15+,16-,17?,18?,19?,20?,21?,22?,23?,24?/m0/s1. The van der Waals surface area contributed by atoms with Crippen molar-refractivity contribution in [2.75, 3.05) is 0 Å². The fourth-order valence-corrected chi connectivity index (χ4v) is 17.8. The molecule has 0 heterocycles. The van der Waals surface area contributed by atoms with Crippen molar-refractivity contribution in [1.82, 2.24) is 0 Å². The van der Waals surface area contributed by atoms with Crippen LogP contribution in [0.4, 0.5) is 0 Å². The molecule has 14 bridgehead atoms. The fraction of sp³-hybridized carbons (Fsp3) is 1.00. The zero-order valence-electron chi connectivity index (χ0n) is 14.6. The summed E-state index contributed by atoms with van der Waals surface area (Å²) in [5.74, 6) is 15.3. The van der Waals surface area contributed by atoms with Gasteiger partial charge in [-0.3, -0.25) is 0 Å². The first-order valence-corrected chi connectivity index (χ1v) is 11.9. The minimum absolute atomic E-state index is 0.994. The maximum Gasteiger partial charge on any atom is -0.00998 e. The topological polar surface area (TPSA) is 0 Å². The van der Waals surface area contributed by atoms with Crippen molar-refractivity contribution in [2.45, 2.75) is 51.4 Å². The van der Waals surface area contributed by atoms with Gasteiger partial charge in [0.2, 0.25) is 0 Å². The predicted molar refractivity (Wildman–Crippen MR) is 88.5 cm³/mol. The van der Waals surface area contributed by atoms with E-state index in [0.717, 1.165) is 21.7 Å². The third-order valence-electron chi connectivity index (χ3n) is 15.2. The Hall–Kier alpha value is 0. The molecule has 15 saturated carbocycles. The van der Waals surface area contributed by atoms with E-state index in [1.807, 2.05) is 0 Å². The summed E-state index contributed by atoms with van der Waals surface area (Å²) in [5, 5.41) is 0. The highest BCUT2D eigenvalue weighted by Crippen LogP contribution is 3.17. The number of fused-ring (bicyclic) bond motifs is 3. The van der Waals surface area contributed by atoms with Gasteiger partial charge in [-0.1, -0.05) is 0 Å². The Morgan fingerprint density at radius 3 is 0.625 bits per heavy atom. The first-order chi connectivity index (χ1) is 11.9. The molecule has 15 fully saturated rings. The summed E-state index contributed by atoms with van der Waals surface area (Å²) in [7, 11) is 0. The molecule has 0 heteroatoms. The third kappa shape index (κ3) is 0.468.